The van der Waals surface area contributed by atoms with E-state index in [1.807, 2.05) is 26.0 Å². The second-order valence-electron chi connectivity index (χ2n) is 6.33. The number of halogens is 1. The lowest BCUT2D eigenvalue weighted by molar-refractivity contribution is -0.114. The Morgan fingerprint density at radius 1 is 0.889 bits per heavy atom. The van der Waals surface area contributed by atoms with Crippen molar-refractivity contribution in [2.24, 2.45) is 0 Å². The number of hydrogen-bond donors (Lipinski definition) is 2. The van der Waals surface area contributed by atoms with Gasteiger partial charge in [0.05, 0.1) is 10.7 Å². The molecule has 27 heavy (non-hydrogen) atoms. The molecule has 0 spiro atoms. The predicted octanol–water partition coefficient (Wildman–Crippen LogP) is 4.96. The Kier molecular flexibility index (Phi) is 5.33. The molecule has 2 aromatic carbocycles. The normalized spacial score (nSPS) is 10.5. The Hall–Kier alpha value is -3.05. The molecule has 0 unspecified atom stereocenters. The van der Waals surface area contributed by atoms with Crippen LogP contribution in [-0.4, -0.2) is 16.4 Å². The van der Waals surface area contributed by atoms with Crippen molar-refractivity contribution in [1.29, 1.82) is 0 Å². The van der Waals surface area contributed by atoms with Crippen LogP contribution in [0.25, 0.3) is 5.69 Å². The Bertz CT molecular complexity index is 987. The fourth-order valence-corrected chi connectivity index (χ4v) is 3.10. The number of rotatable bonds is 4. The van der Waals surface area contributed by atoms with Gasteiger partial charge in [0.1, 0.15) is 0 Å². The molecule has 0 atom stereocenters. The van der Waals surface area contributed by atoms with E-state index < -0.39 is 0 Å². The highest BCUT2D eigenvalue weighted by Gasteiger charge is 2.11. The second-order valence-corrected chi connectivity index (χ2v) is 6.74. The van der Waals surface area contributed by atoms with Gasteiger partial charge in [0.15, 0.2) is 0 Å². The maximum atomic E-state index is 12.6. The van der Waals surface area contributed by atoms with Crippen molar-refractivity contribution in [3.63, 3.8) is 0 Å². The summed E-state index contributed by atoms with van der Waals surface area (Å²) in [5, 5.41) is 5.85. The number of aryl methyl sites for hydroxylation is 2. The molecule has 0 saturated carbocycles. The van der Waals surface area contributed by atoms with Crippen LogP contribution in [0, 0.1) is 13.8 Å². The minimum atomic E-state index is -0.274. The lowest BCUT2D eigenvalue weighted by atomic mass is 10.1. The van der Waals surface area contributed by atoms with Gasteiger partial charge in [-0.25, -0.2) is 0 Å². The van der Waals surface area contributed by atoms with Crippen LogP contribution in [0.1, 0.15) is 28.7 Å². The number of carbonyl (C=O) groups excluding carboxylic acids is 2. The summed E-state index contributed by atoms with van der Waals surface area (Å²) in [7, 11) is 0. The van der Waals surface area contributed by atoms with Crippen molar-refractivity contribution in [1.82, 2.24) is 4.57 Å². The van der Waals surface area contributed by atoms with Crippen LogP contribution in [0.4, 0.5) is 11.4 Å². The van der Waals surface area contributed by atoms with E-state index in [9.17, 15) is 9.59 Å². The first-order valence-corrected chi connectivity index (χ1v) is 8.87. The minimum absolute atomic E-state index is 0.194. The molecule has 2 N–H and O–H groups in total. The molecule has 5 nitrogen and oxygen atoms in total. The number of anilines is 2. The van der Waals surface area contributed by atoms with Crippen LogP contribution in [-0.2, 0) is 4.79 Å². The minimum Gasteiger partial charge on any atom is -0.326 e. The van der Waals surface area contributed by atoms with Crippen LogP contribution in [0.2, 0.25) is 5.02 Å². The third kappa shape index (κ3) is 4.20. The zero-order valence-electron chi connectivity index (χ0n) is 15.3. The first-order valence-electron chi connectivity index (χ1n) is 8.49. The van der Waals surface area contributed by atoms with Crippen molar-refractivity contribution in [2.75, 3.05) is 10.6 Å². The third-order valence-electron chi connectivity index (χ3n) is 4.19. The standard InChI is InChI=1S/C21H20ClN3O2/c1-13-4-5-14(2)25(13)18-9-6-16(7-10-18)21(27)24-20-12-17(23-15(3)26)8-11-19(20)22/h4-12H,1-3H3,(H,23,26)(H,24,27). The highest BCUT2D eigenvalue weighted by atomic mass is 35.5. The van der Waals surface area contributed by atoms with Gasteiger partial charge in [0.2, 0.25) is 5.91 Å². The van der Waals surface area contributed by atoms with Crippen molar-refractivity contribution < 1.29 is 9.59 Å². The molecule has 0 aliphatic heterocycles. The first kappa shape index (κ1) is 18.7. The van der Waals surface area contributed by atoms with Gasteiger partial charge in [-0.1, -0.05) is 11.6 Å². The summed E-state index contributed by atoms with van der Waals surface area (Å²) in [4.78, 5) is 23.8. The molecule has 6 heteroatoms. The molecular weight excluding hydrogens is 362 g/mol. The monoisotopic (exact) mass is 381 g/mol. The summed E-state index contributed by atoms with van der Waals surface area (Å²) < 4.78 is 2.12. The zero-order valence-corrected chi connectivity index (χ0v) is 16.1. The molecule has 0 fully saturated rings. The number of hydrogen-bond acceptors (Lipinski definition) is 2. The van der Waals surface area contributed by atoms with E-state index in [1.54, 1.807) is 30.3 Å². The van der Waals surface area contributed by atoms with E-state index in [1.165, 1.54) is 6.92 Å². The van der Waals surface area contributed by atoms with Gasteiger partial charge in [-0.3, -0.25) is 9.59 Å². The predicted molar refractivity (Wildman–Crippen MR) is 109 cm³/mol. The Balaban J connectivity index is 1.80. The van der Waals surface area contributed by atoms with Gasteiger partial charge >= 0.3 is 0 Å². The molecule has 1 heterocycles. The number of amides is 2. The van der Waals surface area contributed by atoms with E-state index in [0.717, 1.165) is 17.1 Å². The van der Waals surface area contributed by atoms with Crippen molar-refractivity contribution in [2.45, 2.75) is 20.8 Å². The van der Waals surface area contributed by atoms with E-state index in [4.69, 9.17) is 11.6 Å². The maximum Gasteiger partial charge on any atom is 0.255 e. The van der Waals surface area contributed by atoms with Crippen molar-refractivity contribution in [3.8, 4) is 5.69 Å². The molecule has 3 aromatic rings. The molecule has 2 amide bonds. The fourth-order valence-electron chi connectivity index (χ4n) is 2.93. The van der Waals surface area contributed by atoms with E-state index in [-0.39, 0.29) is 11.8 Å². The van der Waals surface area contributed by atoms with Crippen LogP contribution in [0.5, 0.6) is 0 Å². The summed E-state index contributed by atoms with van der Waals surface area (Å²) in [6, 6.07) is 16.4. The maximum absolute atomic E-state index is 12.6. The summed E-state index contributed by atoms with van der Waals surface area (Å²) >= 11 is 6.16. The van der Waals surface area contributed by atoms with Gasteiger partial charge in [-0.15, -0.1) is 0 Å². The molecule has 0 bridgehead atoms. The highest BCUT2D eigenvalue weighted by Crippen LogP contribution is 2.26. The topological polar surface area (TPSA) is 63.1 Å². The molecular formula is C21H20ClN3O2. The first-order chi connectivity index (χ1) is 12.8. The number of nitrogens with zero attached hydrogens (tertiary/aromatic N) is 1. The van der Waals surface area contributed by atoms with Crippen LogP contribution >= 0.6 is 11.6 Å². The van der Waals surface area contributed by atoms with E-state index in [0.29, 0.717) is 22.0 Å². The SMILES string of the molecule is CC(=O)Nc1ccc(Cl)c(NC(=O)c2ccc(-n3c(C)ccc3C)cc2)c1. The van der Waals surface area contributed by atoms with Gasteiger partial charge in [-0.05, 0) is 68.4 Å². The van der Waals surface area contributed by atoms with Crippen molar-refractivity contribution in [3.05, 3.63) is 76.6 Å². The fraction of sp³-hybridized carbons (Fsp3) is 0.143. The molecule has 0 aliphatic rings. The van der Waals surface area contributed by atoms with Crippen LogP contribution in [0.15, 0.2) is 54.6 Å². The average Bonchev–Trinajstić information content (AvgIpc) is 2.96. The quantitative estimate of drug-likeness (QED) is 0.671. The highest BCUT2D eigenvalue weighted by molar-refractivity contribution is 6.34. The summed E-state index contributed by atoms with van der Waals surface area (Å²) in [6.07, 6.45) is 0. The molecule has 0 radical (unpaired) electrons. The molecule has 0 aliphatic carbocycles. The molecule has 1 aromatic heterocycles. The van der Waals surface area contributed by atoms with Crippen LogP contribution < -0.4 is 10.6 Å². The average molecular weight is 382 g/mol. The number of aromatic nitrogens is 1. The van der Waals surface area contributed by atoms with Gasteiger partial charge in [-0.2, -0.15) is 0 Å². The zero-order chi connectivity index (χ0) is 19.6. The lowest BCUT2D eigenvalue weighted by Gasteiger charge is -2.12. The summed E-state index contributed by atoms with van der Waals surface area (Å²) in [5.74, 6) is -0.467. The van der Waals surface area contributed by atoms with Crippen LogP contribution in [0.3, 0.4) is 0 Å². The van der Waals surface area contributed by atoms with Gasteiger partial charge in [0, 0.05) is 35.2 Å². The second kappa shape index (κ2) is 7.68. The molecule has 3 rings (SSSR count). The summed E-state index contributed by atoms with van der Waals surface area (Å²) in [5.41, 5.74) is 4.78. The van der Waals surface area contributed by atoms with Gasteiger partial charge < -0.3 is 15.2 Å². The van der Waals surface area contributed by atoms with E-state index in [2.05, 4.69) is 27.3 Å². The smallest absolute Gasteiger partial charge is 0.255 e. The van der Waals surface area contributed by atoms with E-state index >= 15 is 0 Å². The van der Waals surface area contributed by atoms with Crippen molar-refractivity contribution >= 4 is 34.8 Å². The van der Waals surface area contributed by atoms with Gasteiger partial charge in [0.25, 0.3) is 5.91 Å². The molecule has 138 valence electrons. The Morgan fingerprint density at radius 2 is 1.52 bits per heavy atom. The Morgan fingerprint density at radius 3 is 2.11 bits per heavy atom. The molecule has 0 saturated heterocycles. The lowest BCUT2D eigenvalue weighted by Crippen LogP contribution is -2.13. The summed E-state index contributed by atoms with van der Waals surface area (Å²) in [6.45, 7) is 5.50. The number of benzene rings is 2. The number of carbonyl (C=O) groups is 2. The largest absolute Gasteiger partial charge is 0.326 e. The number of nitrogens with one attached hydrogen (secondary N) is 2. The Labute approximate surface area is 163 Å². The third-order valence-corrected chi connectivity index (χ3v) is 4.52.